The minimum absolute atomic E-state index is 0.260. The predicted molar refractivity (Wildman–Crippen MR) is 115 cm³/mol. The normalized spacial score (nSPS) is 11.8. The molecule has 8 nitrogen and oxygen atoms in total. The molecule has 0 amide bonds. The number of nitrogens with zero attached hydrogens (tertiary/aromatic N) is 7. The summed E-state index contributed by atoms with van der Waals surface area (Å²) in [5, 5.41) is 18.3. The van der Waals surface area contributed by atoms with E-state index in [2.05, 4.69) is 35.7 Å². The molecule has 0 atom stereocenters. The largest absolute Gasteiger partial charge is 0.308 e. The minimum Gasteiger partial charge on any atom is -0.255 e. The summed E-state index contributed by atoms with van der Waals surface area (Å²) in [5.74, 6) is -2.37. The van der Waals surface area contributed by atoms with Crippen molar-refractivity contribution in [3.63, 3.8) is 0 Å². The number of alkyl halides is 2. The highest BCUT2D eigenvalue weighted by Gasteiger charge is 2.36. The van der Waals surface area contributed by atoms with Crippen LogP contribution in [0.3, 0.4) is 0 Å². The van der Waals surface area contributed by atoms with Crippen molar-refractivity contribution >= 4 is 0 Å². The first kappa shape index (κ1) is 21.7. The van der Waals surface area contributed by atoms with Gasteiger partial charge in [0.2, 0.25) is 11.6 Å². The first-order valence-corrected chi connectivity index (χ1v) is 10.6. The summed E-state index contributed by atoms with van der Waals surface area (Å²) in [6.07, 6.45) is 3.21. The summed E-state index contributed by atoms with van der Waals surface area (Å²) in [5.41, 5.74) is 3.31. The van der Waals surface area contributed by atoms with Gasteiger partial charge in [-0.3, -0.25) is 4.98 Å². The van der Waals surface area contributed by atoms with E-state index in [1.165, 1.54) is 0 Å². The van der Waals surface area contributed by atoms with Crippen LogP contribution in [0.25, 0.3) is 22.6 Å². The van der Waals surface area contributed by atoms with Gasteiger partial charge in [0.25, 0.3) is 0 Å². The average Bonchev–Trinajstić information content (AvgIpc) is 3.46. The van der Waals surface area contributed by atoms with Crippen molar-refractivity contribution in [1.82, 2.24) is 40.4 Å². The molecule has 166 valence electrons. The molecule has 0 bridgehead atoms. The first-order chi connectivity index (χ1) is 15.5. The molecule has 0 unspecified atom stereocenters. The average molecular weight is 438 g/mol. The van der Waals surface area contributed by atoms with Crippen molar-refractivity contribution in [3.8, 4) is 22.6 Å². The van der Waals surface area contributed by atoms with Crippen LogP contribution in [-0.2, 0) is 18.9 Å². The van der Waals surface area contributed by atoms with Crippen molar-refractivity contribution < 1.29 is 8.78 Å². The molecule has 1 N–H and O–H groups in total. The molecule has 0 saturated heterocycles. The van der Waals surface area contributed by atoms with Gasteiger partial charge < -0.3 is 0 Å². The van der Waals surface area contributed by atoms with Gasteiger partial charge in [-0.15, -0.1) is 15.3 Å². The van der Waals surface area contributed by atoms with E-state index < -0.39 is 11.7 Å². The summed E-state index contributed by atoms with van der Waals surface area (Å²) in [7, 11) is 0. The summed E-state index contributed by atoms with van der Waals surface area (Å²) in [6, 6.07) is 11.4. The Balaban J connectivity index is 1.60. The van der Waals surface area contributed by atoms with Crippen molar-refractivity contribution in [3.05, 3.63) is 59.8 Å². The number of hydrogen-bond acceptors (Lipinski definition) is 6. The Labute approximate surface area is 184 Å². The SMILES string of the molecule is CCCc1nc(C(F)(F)CCC)nn1Cc1ccc(-c2ncccc2-c2nn[nH]n2)cc1. The molecule has 0 fully saturated rings. The lowest BCUT2D eigenvalue weighted by atomic mass is 10.0. The van der Waals surface area contributed by atoms with E-state index in [0.29, 0.717) is 31.0 Å². The second-order valence-electron chi connectivity index (χ2n) is 7.55. The third-order valence-electron chi connectivity index (χ3n) is 5.07. The maximum atomic E-state index is 14.4. The number of aromatic amines is 1. The molecule has 0 aliphatic carbocycles. The zero-order valence-electron chi connectivity index (χ0n) is 18.0. The number of halogens is 2. The first-order valence-electron chi connectivity index (χ1n) is 10.6. The zero-order valence-corrected chi connectivity index (χ0v) is 18.0. The fraction of sp³-hybridized carbons (Fsp3) is 0.364. The van der Waals surface area contributed by atoms with Gasteiger partial charge in [0, 0.05) is 30.2 Å². The highest BCUT2D eigenvalue weighted by molar-refractivity contribution is 5.76. The van der Waals surface area contributed by atoms with Gasteiger partial charge in [-0.25, -0.2) is 9.67 Å². The monoisotopic (exact) mass is 438 g/mol. The summed E-state index contributed by atoms with van der Waals surface area (Å²) in [4.78, 5) is 8.63. The molecule has 3 heterocycles. The third kappa shape index (κ3) is 4.53. The topological polar surface area (TPSA) is 98.1 Å². The van der Waals surface area contributed by atoms with Crippen molar-refractivity contribution in [1.29, 1.82) is 0 Å². The summed E-state index contributed by atoms with van der Waals surface area (Å²) < 4.78 is 30.3. The second kappa shape index (κ2) is 9.29. The molecule has 10 heteroatoms. The number of H-pyrrole nitrogens is 1. The Kier molecular flexibility index (Phi) is 6.29. The van der Waals surface area contributed by atoms with Gasteiger partial charge in [-0.2, -0.15) is 14.0 Å². The van der Waals surface area contributed by atoms with Crippen LogP contribution in [0.2, 0.25) is 0 Å². The molecule has 4 rings (SSSR count). The van der Waals surface area contributed by atoms with Gasteiger partial charge in [-0.05, 0) is 35.8 Å². The van der Waals surface area contributed by atoms with Gasteiger partial charge in [-0.1, -0.05) is 38.1 Å². The van der Waals surface area contributed by atoms with E-state index in [9.17, 15) is 8.78 Å². The van der Waals surface area contributed by atoms with Crippen LogP contribution >= 0.6 is 0 Å². The smallest absolute Gasteiger partial charge is 0.255 e. The molecule has 0 spiro atoms. The molecule has 0 aliphatic heterocycles. The summed E-state index contributed by atoms with van der Waals surface area (Å²) >= 11 is 0. The van der Waals surface area contributed by atoms with Gasteiger partial charge >= 0.3 is 5.92 Å². The fourth-order valence-electron chi connectivity index (χ4n) is 3.52. The van der Waals surface area contributed by atoms with Crippen LogP contribution in [0.5, 0.6) is 0 Å². The van der Waals surface area contributed by atoms with Crippen LogP contribution in [0.1, 0.15) is 50.3 Å². The number of pyridine rings is 1. The van der Waals surface area contributed by atoms with E-state index in [-0.39, 0.29) is 6.42 Å². The fourth-order valence-corrected chi connectivity index (χ4v) is 3.52. The molecule has 32 heavy (non-hydrogen) atoms. The summed E-state index contributed by atoms with van der Waals surface area (Å²) in [6.45, 7) is 4.09. The van der Waals surface area contributed by atoms with Gasteiger partial charge in [0.1, 0.15) is 5.82 Å². The zero-order chi connectivity index (χ0) is 22.6. The van der Waals surface area contributed by atoms with Crippen molar-refractivity contribution in [2.75, 3.05) is 0 Å². The number of hydrogen-bond donors (Lipinski definition) is 1. The lowest BCUT2D eigenvalue weighted by Gasteiger charge is -2.10. The molecule has 4 aromatic rings. The molecule has 0 saturated carbocycles. The van der Waals surface area contributed by atoms with Gasteiger partial charge in [0.15, 0.2) is 0 Å². The maximum Gasteiger partial charge on any atom is 0.308 e. The number of aromatic nitrogens is 8. The Bertz CT molecular complexity index is 1150. The Morgan fingerprint density at radius 1 is 1.06 bits per heavy atom. The Morgan fingerprint density at radius 3 is 2.56 bits per heavy atom. The quantitative estimate of drug-likeness (QED) is 0.416. The molecule has 3 aromatic heterocycles. The number of rotatable bonds is 9. The van der Waals surface area contributed by atoms with E-state index >= 15 is 0 Å². The second-order valence-corrected chi connectivity index (χ2v) is 7.55. The number of tetrazole rings is 1. The number of benzene rings is 1. The highest BCUT2D eigenvalue weighted by Crippen LogP contribution is 2.31. The van der Waals surface area contributed by atoms with Gasteiger partial charge in [0.05, 0.1) is 12.2 Å². The lowest BCUT2D eigenvalue weighted by molar-refractivity contribution is -0.0232. The number of nitrogens with one attached hydrogen (secondary N) is 1. The maximum absolute atomic E-state index is 14.4. The van der Waals surface area contributed by atoms with Crippen LogP contribution in [0, 0.1) is 0 Å². The van der Waals surface area contributed by atoms with Crippen molar-refractivity contribution in [2.24, 2.45) is 0 Å². The van der Waals surface area contributed by atoms with E-state index in [1.54, 1.807) is 17.8 Å². The molecule has 0 radical (unpaired) electrons. The van der Waals surface area contributed by atoms with E-state index in [0.717, 1.165) is 28.8 Å². The Hall–Kier alpha value is -3.56. The van der Waals surface area contributed by atoms with Crippen LogP contribution < -0.4 is 0 Å². The third-order valence-corrected chi connectivity index (χ3v) is 5.07. The van der Waals surface area contributed by atoms with Crippen LogP contribution in [0.4, 0.5) is 8.78 Å². The van der Waals surface area contributed by atoms with E-state index in [1.807, 2.05) is 43.3 Å². The van der Waals surface area contributed by atoms with E-state index in [4.69, 9.17) is 0 Å². The van der Waals surface area contributed by atoms with Crippen molar-refractivity contribution in [2.45, 2.75) is 52.0 Å². The molecular weight excluding hydrogens is 414 g/mol. The predicted octanol–water partition coefficient (Wildman–Crippen LogP) is 4.41. The standard InChI is InChI=1S/C22H24F2N8/c1-3-6-18-26-21(22(23,24)12-4-2)29-32(18)14-15-8-10-16(11-9-15)19-17(7-5-13-25-19)20-27-30-31-28-20/h5,7-11,13H,3-4,6,12,14H2,1-2H3,(H,27,28,30,31). The molecule has 1 aromatic carbocycles. The van der Waals surface area contributed by atoms with Crippen LogP contribution in [-0.4, -0.2) is 40.4 Å². The number of aryl methyl sites for hydroxylation is 1. The minimum atomic E-state index is -3.02. The Morgan fingerprint density at radius 2 is 1.88 bits per heavy atom. The lowest BCUT2D eigenvalue weighted by Crippen LogP contribution is -2.15. The van der Waals surface area contributed by atoms with Crippen LogP contribution in [0.15, 0.2) is 42.6 Å². The highest BCUT2D eigenvalue weighted by atomic mass is 19.3. The molecular formula is C22H24F2N8. The molecule has 0 aliphatic rings.